The highest BCUT2D eigenvalue weighted by Gasteiger charge is 2.18. The first kappa shape index (κ1) is 28.8. The summed E-state index contributed by atoms with van der Waals surface area (Å²) in [6.07, 6.45) is 0. The Labute approximate surface area is 231 Å². The van der Waals surface area contributed by atoms with E-state index in [9.17, 15) is 4.79 Å². The lowest BCUT2D eigenvalue weighted by atomic mass is 10.1. The van der Waals surface area contributed by atoms with Gasteiger partial charge in [-0.2, -0.15) is 0 Å². The molecule has 0 aliphatic heterocycles. The van der Waals surface area contributed by atoms with Crippen LogP contribution in [-0.4, -0.2) is 52.9 Å². The maximum Gasteiger partial charge on any atom is 0.278 e. The number of hydrogen-bond donors (Lipinski definition) is 1. The number of methoxy groups -OCH3 is 2. The van der Waals surface area contributed by atoms with Crippen LogP contribution >= 0.6 is 35.8 Å². The van der Waals surface area contributed by atoms with Gasteiger partial charge in [-0.25, -0.2) is 4.57 Å². The number of aryl methyl sites for hydroxylation is 2. The molecule has 0 atom stereocenters. The monoisotopic (exact) mass is 558 g/mol. The maximum atomic E-state index is 13.5. The third-order valence-corrected chi connectivity index (χ3v) is 8.00. The van der Waals surface area contributed by atoms with E-state index in [1.165, 1.54) is 41.1 Å². The van der Waals surface area contributed by atoms with E-state index in [1.54, 1.807) is 32.4 Å². The van der Waals surface area contributed by atoms with Gasteiger partial charge < -0.3 is 19.4 Å². The second-order valence-corrected chi connectivity index (χ2v) is 10.4. The Morgan fingerprint density at radius 2 is 1.59 bits per heavy atom. The van der Waals surface area contributed by atoms with Gasteiger partial charge in [-0.1, -0.05) is 38.2 Å². The molecule has 0 unspecified atom stereocenters. The molecule has 0 spiro atoms. The Hall–Kier alpha value is -2.79. The molecule has 4 rings (SSSR count). The van der Waals surface area contributed by atoms with Crippen molar-refractivity contribution in [1.29, 1.82) is 0 Å². The lowest BCUT2D eigenvalue weighted by Crippen LogP contribution is -2.21. The van der Waals surface area contributed by atoms with Gasteiger partial charge in [-0.15, -0.1) is 0 Å². The smallest absolute Gasteiger partial charge is 0.278 e. The number of ether oxygens (including phenoxy) is 2. The van der Waals surface area contributed by atoms with E-state index in [0.29, 0.717) is 31.5 Å². The third kappa shape index (κ3) is 6.04. The molecule has 2 aromatic heterocycles. The number of thiazole rings is 1. The summed E-state index contributed by atoms with van der Waals surface area (Å²) in [5.74, 6) is 1.10. The molecule has 198 valence electrons. The molecule has 2 aromatic carbocycles. The second kappa shape index (κ2) is 12.6. The zero-order chi connectivity index (χ0) is 27.3. The summed E-state index contributed by atoms with van der Waals surface area (Å²) >= 11 is 12.4. The Morgan fingerprint density at radius 1 is 0.919 bits per heavy atom. The largest absolute Gasteiger partial charge is 0.497 e. The van der Waals surface area contributed by atoms with E-state index in [-0.39, 0.29) is 10.3 Å². The van der Waals surface area contributed by atoms with Gasteiger partial charge in [-0.3, -0.25) is 9.36 Å². The zero-order valence-corrected chi connectivity index (χ0v) is 24.8. The molecule has 1 N–H and O–H groups in total. The van der Waals surface area contributed by atoms with Gasteiger partial charge in [0.2, 0.25) is 0 Å². The van der Waals surface area contributed by atoms with E-state index >= 15 is 0 Å². The Kier molecular flexibility index (Phi) is 9.83. The van der Waals surface area contributed by atoms with Crippen LogP contribution in [0.2, 0.25) is 0 Å². The van der Waals surface area contributed by atoms with Gasteiger partial charge in [0.05, 0.1) is 19.9 Å². The van der Waals surface area contributed by atoms with Crippen molar-refractivity contribution < 1.29 is 9.47 Å². The molecular formula is C27H34N4O3S3. The van der Waals surface area contributed by atoms with E-state index in [4.69, 9.17) is 33.9 Å². The minimum absolute atomic E-state index is 0.240. The van der Waals surface area contributed by atoms with Crippen LogP contribution in [0.15, 0.2) is 41.2 Å². The average molecular weight is 559 g/mol. The van der Waals surface area contributed by atoms with Crippen LogP contribution in [-0.2, 0) is 0 Å². The highest BCUT2D eigenvalue weighted by atomic mass is 32.1. The number of hydrogen-bond acceptors (Lipinski definition) is 7. The fourth-order valence-electron chi connectivity index (χ4n) is 3.94. The van der Waals surface area contributed by atoms with Crippen LogP contribution in [0.5, 0.6) is 11.5 Å². The van der Waals surface area contributed by atoms with Gasteiger partial charge in [0, 0.05) is 11.8 Å². The molecule has 0 bridgehead atoms. The molecule has 10 heteroatoms. The van der Waals surface area contributed by atoms with Gasteiger partial charge >= 0.3 is 0 Å². The van der Waals surface area contributed by atoms with Gasteiger partial charge in [0.25, 0.3) is 5.56 Å². The minimum Gasteiger partial charge on any atom is -0.497 e. The van der Waals surface area contributed by atoms with Gasteiger partial charge in [0.15, 0.2) is 8.73 Å². The number of aromatic amines is 1. The summed E-state index contributed by atoms with van der Waals surface area (Å²) in [5.41, 5.74) is 4.03. The molecule has 0 amide bonds. The predicted molar refractivity (Wildman–Crippen MR) is 159 cm³/mol. The van der Waals surface area contributed by atoms with Crippen molar-refractivity contribution in [1.82, 2.24) is 19.0 Å². The summed E-state index contributed by atoms with van der Waals surface area (Å²) in [7, 11) is 3.11. The highest BCUT2D eigenvalue weighted by molar-refractivity contribution is 7.73. The third-order valence-electron chi connectivity index (χ3n) is 6.35. The van der Waals surface area contributed by atoms with Gasteiger partial charge in [-0.05, 0) is 93.3 Å². The van der Waals surface area contributed by atoms with Crippen LogP contribution in [0.25, 0.3) is 21.7 Å². The van der Waals surface area contributed by atoms with Crippen molar-refractivity contribution in [3.8, 4) is 22.9 Å². The lowest BCUT2D eigenvalue weighted by Gasteiger charge is -2.13. The maximum absolute atomic E-state index is 13.5. The first-order valence-corrected chi connectivity index (χ1v) is 13.8. The molecule has 7 nitrogen and oxygen atoms in total. The number of nitrogens with zero attached hydrogens (tertiary/aromatic N) is 3. The van der Waals surface area contributed by atoms with Crippen molar-refractivity contribution in [2.24, 2.45) is 0 Å². The Morgan fingerprint density at radius 3 is 2.14 bits per heavy atom. The van der Waals surface area contributed by atoms with Crippen molar-refractivity contribution in [2.75, 3.05) is 33.9 Å². The first-order chi connectivity index (χ1) is 17.7. The normalized spacial score (nSPS) is 10.9. The number of H-pyrrole nitrogens is 1. The fraction of sp³-hybridized carbons (Fsp3) is 0.370. The van der Waals surface area contributed by atoms with Gasteiger partial charge in [0.1, 0.15) is 21.8 Å². The average Bonchev–Trinajstić information content (AvgIpc) is 3.23. The number of nitrogens with one attached hydrogen (secondary N) is 1. The Bertz CT molecular complexity index is 1560. The van der Waals surface area contributed by atoms with E-state index in [2.05, 4.69) is 37.6 Å². The summed E-state index contributed by atoms with van der Waals surface area (Å²) in [5, 5.41) is 0. The molecule has 0 aliphatic rings. The first-order valence-electron chi connectivity index (χ1n) is 12.1. The molecule has 0 saturated heterocycles. The topological polar surface area (TPSA) is 64.4 Å². The highest BCUT2D eigenvalue weighted by Crippen LogP contribution is 2.29. The Balaban J connectivity index is 0.000000479. The molecular weight excluding hydrogens is 525 g/mol. The van der Waals surface area contributed by atoms with E-state index in [0.717, 1.165) is 11.3 Å². The van der Waals surface area contributed by atoms with E-state index in [1.807, 2.05) is 29.7 Å². The summed E-state index contributed by atoms with van der Waals surface area (Å²) in [6, 6.07) is 11.3. The van der Waals surface area contributed by atoms with Crippen LogP contribution < -0.4 is 15.0 Å². The molecule has 2 heterocycles. The quantitative estimate of drug-likeness (QED) is 0.258. The SMILES string of the molecule is CCN(CC)CC.COc1ccc(OC)c(-n2c(=S)[nH]c3c(sc(=S)n3-c3ccc(C)c(C)c3)c2=O)c1. The summed E-state index contributed by atoms with van der Waals surface area (Å²) in [4.78, 5) is 19.0. The molecule has 0 fully saturated rings. The molecule has 0 aliphatic carbocycles. The van der Waals surface area contributed by atoms with Crippen LogP contribution in [0.1, 0.15) is 31.9 Å². The summed E-state index contributed by atoms with van der Waals surface area (Å²) in [6.45, 7) is 14.2. The minimum atomic E-state index is -0.265. The molecule has 0 saturated carbocycles. The number of aromatic nitrogens is 3. The zero-order valence-electron chi connectivity index (χ0n) is 22.4. The van der Waals surface area contributed by atoms with Crippen LogP contribution in [0.3, 0.4) is 0 Å². The van der Waals surface area contributed by atoms with Crippen molar-refractivity contribution in [2.45, 2.75) is 34.6 Å². The van der Waals surface area contributed by atoms with E-state index < -0.39 is 0 Å². The number of benzene rings is 2. The second-order valence-electron chi connectivity index (χ2n) is 8.38. The van der Waals surface area contributed by atoms with Crippen molar-refractivity contribution >= 4 is 46.1 Å². The number of rotatable bonds is 7. The molecule has 4 aromatic rings. The molecule has 37 heavy (non-hydrogen) atoms. The fourth-order valence-corrected chi connectivity index (χ4v) is 5.55. The van der Waals surface area contributed by atoms with Crippen LogP contribution in [0, 0.1) is 22.6 Å². The van der Waals surface area contributed by atoms with Crippen molar-refractivity contribution in [3.05, 3.63) is 66.6 Å². The lowest BCUT2D eigenvalue weighted by molar-refractivity contribution is 0.321. The predicted octanol–water partition coefficient (Wildman–Crippen LogP) is 6.61. The van der Waals surface area contributed by atoms with Crippen molar-refractivity contribution in [3.63, 3.8) is 0 Å². The summed E-state index contributed by atoms with van der Waals surface area (Å²) < 4.78 is 15.3. The van der Waals surface area contributed by atoms with Crippen LogP contribution in [0.4, 0.5) is 0 Å². The number of fused-ring (bicyclic) bond motifs is 1. The standard InChI is InChI=1S/C21H19N3O3S3.C6H15N/c1-11-5-6-13(9-12(11)2)23-18-17(30-21(23)29)19(25)24(20(28)22-18)15-10-14(26-3)7-8-16(15)27-4;1-4-7(5-2)6-3/h5-10H,1-4H3,(H,22,28);4-6H2,1-3H3. The molecule has 0 radical (unpaired) electrons.